The number of methoxy groups -OCH3 is 1. The quantitative estimate of drug-likeness (QED) is 0.649. The van der Waals surface area contributed by atoms with E-state index in [2.05, 4.69) is 5.32 Å². The van der Waals surface area contributed by atoms with Gasteiger partial charge < -0.3 is 15.2 Å². The van der Waals surface area contributed by atoms with Crippen LogP contribution in [0.25, 0.3) is 0 Å². The Kier molecular flexibility index (Phi) is 5.35. The highest BCUT2D eigenvalue weighted by Gasteiger charge is 2.15. The zero-order valence-corrected chi connectivity index (χ0v) is 8.46. The summed E-state index contributed by atoms with van der Waals surface area (Å²) in [6.07, 6.45) is 5.71. The Balaban J connectivity index is 1.97. The summed E-state index contributed by atoms with van der Waals surface area (Å²) in [5.74, 6) is 0. The van der Waals surface area contributed by atoms with Crippen molar-refractivity contribution in [2.75, 3.05) is 20.3 Å². The van der Waals surface area contributed by atoms with Gasteiger partial charge in [0.1, 0.15) is 0 Å². The SMILES string of the molecule is COCCC(O)CNC1CCCC1. The maximum absolute atomic E-state index is 9.50. The van der Waals surface area contributed by atoms with Crippen LogP contribution < -0.4 is 5.32 Å². The van der Waals surface area contributed by atoms with Crippen LogP contribution >= 0.6 is 0 Å². The molecule has 1 atom stereocenters. The Hall–Kier alpha value is -0.120. The molecule has 0 heterocycles. The Bertz CT molecular complexity index is 124. The van der Waals surface area contributed by atoms with Gasteiger partial charge in [-0.05, 0) is 19.3 Å². The van der Waals surface area contributed by atoms with Crippen molar-refractivity contribution in [2.24, 2.45) is 0 Å². The molecule has 1 rings (SSSR count). The first-order chi connectivity index (χ1) is 6.33. The molecule has 3 heteroatoms. The molecule has 3 nitrogen and oxygen atoms in total. The van der Waals surface area contributed by atoms with Crippen molar-refractivity contribution >= 4 is 0 Å². The largest absolute Gasteiger partial charge is 0.392 e. The molecule has 1 fully saturated rings. The normalized spacial score (nSPS) is 20.8. The minimum atomic E-state index is -0.249. The number of nitrogens with one attached hydrogen (secondary N) is 1. The maximum Gasteiger partial charge on any atom is 0.0686 e. The molecule has 0 aromatic heterocycles. The lowest BCUT2D eigenvalue weighted by molar-refractivity contribution is 0.107. The van der Waals surface area contributed by atoms with Crippen molar-refractivity contribution in [2.45, 2.75) is 44.2 Å². The Morgan fingerprint density at radius 1 is 1.46 bits per heavy atom. The first-order valence-electron chi connectivity index (χ1n) is 5.23. The van der Waals surface area contributed by atoms with Crippen LogP contribution in [-0.2, 0) is 4.74 Å². The third kappa shape index (κ3) is 4.60. The van der Waals surface area contributed by atoms with E-state index >= 15 is 0 Å². The summed E-state index contributed by atoms with van der Waals surface area (Å²) < 4.78 is 4.90. The molecule has 1 aliphatic carbocycles. The average molecular weight is 187 g/mol. The van der Waals surface area contributed by atoms with E-state index in [1.54, 1.807) is 7.11 Å². The van der Waals surface area contributed by atoms with Gasteiger partial charge in [-0.1, -0.05) is 12.8 Å². The second-order valence-corrected chi connectivity index (χ2v) is 3.82. The van der Waals surface area contributed by atoms with Gasteiger partial charge in [0.15, 0.2) is 0 Å². The van der Waals surface area contributed by atoms with E-state index in [-0.39, 0.29) is 6.10 Å². The van der Waals surface area contributed by atoms with Crippen molar-refractivity contribution in [3.05, 3.63) is 0 Å². The minimum Gasteiger partial charge on any atom is -0.392 e. The number of ether oxygens (including phenoxy) is 1. The topological polar surface area (TPSA) is 41.5 Å². The molecule has 0 aliphatic heterocycles. The molecule has 1 aliphatic rings. The monoisotopic (exact) mass is 187 g/mol. The smallest absolute Gasteiger partial charge is 0.0686 e. The number of hydrogen-bond acceptors (Lipinski definition) is 3. The zero-order valence-electron chi connectivity index (χ0n) is 8.46. The molecule has 1 saturated carbocycles. The first kappa shape index (κ1) is 11.0. The number of hydrogen-bond donors (Lipinski definition) is 2. The van der Waals surface area contributed by atoms with Gasteiger partial charge in [0.05, 0.1) is 6.10 Å². The van der Waals surface area contributed by atoms with Crippen LogP contribution in [0.4, 0.5) is 0 Å². The van der Waals surface area contributed by atoms with E-state index in [1.165, 1.54) is 25.7 Å². The number of aliphatic hydroxyl groups is 1. The number of aliphatic hydroxyl groups excluding tert-OH is 1. The highest BCUT2D eigenvalue weighted by atomic mass is 16.5. The summed E-state index contributed by atoms with van der Waals surface area (Å²) in [6.45, 7) is 1.36. The van der Waals surface area contributed by atoms with E-state index in [4.69, 9.17) is 4.74 Å². The molecule has 0 spiro atoms. The van der Waals surface area contributed by atoms with Gasteiger partial charge in [-0.25, -0.2) is 0 Å². The Labute approximate surface area is 80.5 Å². The molecule has 0 saturated heterocycles. The van der Waals surface area contributed by atoms with E-state index in [0.717, 1.165) is 6.42 Å². The van der Waals surface area contributed by atoms with Crippen LogP contribution in [0.15, 0.2) is 0 Å². The molecule has 78 valence electrons. The second kappa shape index (κ2) is 6.35. The van der Waals surface area contributed by atoms with E-state index in [1.807, 2.05) is 0 Å². The number of rotatable bonds is 6. The van der Waals surface area contributed by atoms with Crippen LogP contribution in [0.2, 0.25) is 0 Å². The molecular formula is C10H21NO2. The highest BCUT2D eigenvalue weighted by Crippen LogP contribution is 2.17. The lowest BCUT2D eigenvalue weighted by atomic mass is 10.2. The lowest BCUT2D eigenvalue weighted by Gasteiger charge is -2.15. The van der Waals surface area contributed by atoms with Crippen LogP contribution in [0.5, 0.6) is 0 Å². The minimum absolute atomic E-state index is 0.249. The molecule has 0 amide bonds. The summed E-state index contributed by atoms with van der Waals surface area (Å²) in [5, 5.41) is 12.9. The van der Waals surface area contributed by atoms with Gasteiger partial charge in [-0.15, -0.1) is 0 Å². The molecular weight excluding hydrogens is 166 g/mol. The summed E-state index contributed by atoms with van der Waals surface area (Å²) >= 11 is 0. The van der Waals surface area contributed by atoms with Gasteiger partial charge in [-0.3, -0.25) is 0 Å². The maximum atomic E-state index is 9.50. The van der Waals surface area contributed by atoms with Crippen LogP contribution in [0.1, 0.15) is 32.1 Å². The summed E-state index contributed by atoms with van der Waals surface area (Å²) in [4.78, 5) is 0. The summed E-state index contributed by atoms with van der Waals surface area (Å²) in [5.41, 5.74) is 0. The summed E-state index contributed by atoms with van der Waals surface area (Å²) in [6, 6.07) is 0.650. The molecule has 0 bridgehead atoms. The standard InChI is InChI=1S/C10H21NO2/c1-13-7-6-10(12)8-11-9-4-2-3-5-9/h9-12H,2-8H2,1H3. The van der Waals surface area contributed by atoms with E-state index in [9.17, 15) is 5.11 Å². The fourth-order valence-corrected chi connectivity index (χ4v) is 1.79. The Morgan fingerprint density at radius 2 is 2.15 bits per heavy atom. The van der Waals surface area contributed by atoms with Crippen molar-refractivity contribution < 1.29 is 9.84 Å². The Morgan fingerprint density at radius 3 is 2.77 bits per heavy atom. The molecule has 2 N–H and O–H groups in total. The van der Waals surface area contributed by atoms with Gasteiger partial charge >= 0.3 is 0 Å². The summed E-state index contributed by atoms with van der Waals surface area (Å²) in [7, 11) is 1.66. The molecule has 13 heavy (non-hydrogen) atoms. The van der Waals surface area contributed by atoms with Gasteiger partial charge in [0, 0.05) is 26.3 Å². The lowest BCUT2D eigenvalue weighted by Crippen LogP contribution is -2.34. The average Bonchev–Trinajstić information content (AvgIpc) is 2.64. The molecule has 0 aromatic rings. The van der Waals surface area contributed by atoms with Crippen molar-refractivity contribution in [3.63, 3.8) is 0 Å². The zero-order chi connectivity index (χ0) is 9.52. The van der Waals surface area contributed by atoms with E-state index in [0.29, 0.717) is 19.2 Å². The van der Waals surface area contributed by atoms with Crippen molar-refractivity contribution in [3.8, 4) is 0 Å². The van der Waals surface area contributed by atoms with Crippen molar-refractivity contribution in [1.82, 2.24) is 5.32 Å². The third-order valence-electron chi connectivity index (χ3n) is 2.65. The van der Waals surface area contributed by atoms with Crippen LogP contribution in [-0.4, -0.2) is 37.5 Å². The fourth-order valence-electron chi connectivity index (χ4n) is 1.79. The van der Waals surface area contributed by atoms with Crippen LogP contribution in [0, 0.1) is 0 Å². The van der Waals surface area contributed by atoms with Gasteiger partial charge in [-0.2, -0.15) is 0 Å². The van der Waals surface area contributed by atoms with Gasteiger partial charge in [0.25, 0.3) is 0 Å². The molecule has 0 radical (unpaired) electrons. The predicted molar refractivity (Wildman–Crippen MR) is 52.8 cm³/mol. The molecule has 1 unspecified atom stereocenters. The highest BCUT2D eigenvalue weighted by molar-refractivity contribution is 4.74. The van der Waals surface area contributed by atoms with Crippen LogP contribution in [0.3, 0.4) is 0 Å². The first-order valence-corrected chi connectivity index (χ1v) is 5.23. The second-order valence-electron chi connectivity index (χ2n) is 3.82. The third-order valence-corrected chi connectivity index (χ3v) is 2.65. The fraction of sp³-hybridized carbons (Fsp3) is 1.00. The predicted octanol–water partition coefficient (Wildman–Crippen LogP) is 0.916. The molecule has 0 aromatic carbocycles. The van der Waals surface area contributed by atoms with Crippen molar-refractivity contribution in [1.29, 1.82) is 0 Å². The van der Waals surface area contributed by atoms with Gasteiger partial charge in [0.2, 0.25) is 0 Å². The van der Waals surface area contributed by atoms with E-state index < -0.39 is 0 Å².